The molecule has 2 heterocycles. The van der Waals surface area contributed by atoms with E-state index in [1.807, 2.05) is 0 Å². The van der Waals surface area contributed by atoms with E-state index in [1.165, 1.54) is 13.3 Å². The van der Waals surface area contributed by atoms with Gasteiger partial charge in [-0.05, 0) is 6.07 Å². The van der Waals surface area contributed by atoms with Crippen LogP contribution in [0.4, 0.5) is 4.39 Å². The van der Waals surface area contributed by atoms with Gasteiger partial charge in [0.2, 0.25) is 0 Å². The van der Waals surface area contributed by atoms with Crippen LogP contribution in [0, 0.1) is 0 Å². The number of rotatable bonds is 8. The number of methoxy groups -OCH3 is 1. The largest absolute Gasteiger partial charge is 0.497 e. The maximum absolute atomic E-state index is 13.2. The van der Waals surface area contributed by atoms with E-state index in [1.54, 1.807) is 12.1 Å². The summed E-state index contributed by atoms with van der Waals surface area (Å²) < 4.78 is 45.9. The minimum atomic E-state index is -3.75. The molecule has 1 aliphatic rings. The van der Waals surface area contributed by atoms with Crippen molar-refractivity contribution in [3.05, 3.63) is 24.0 Å². The third-order valence-corrected chi connectivity index (χ3v) is 4.67. The third-order valence-electron chi connectivity index (χ3n) is 3.26. The number of pyridine rings is 1. The van der Waals surface area contributed by atoms with E-state index < -0.39 is 32.2 Å². The molecule has 0 aromatic carbocycles. The molecule has 1 aliphatic heterocycles. The maximum Gasteiger partial charge on any atom is 0.356 e. The van der Waals surface area contributed by atoms with E-state index >= 15 is 0 Å². The summed E-state index contributed by atoms with van der Waals surface area (Å²) in [6.45, 7) is -0.316. The van der Waals surface area contributed by atoms with Gasteiger partial charge < -0.3 is 23.6 Å². The monoisotopic (exact) mass is 345 g/mol. The van der Waals surface area contributed by atoms with E-state index in [9.17, 15) is 14.1 Å². The summed E-state index contributed by atoms with van der Waals surface area (Å²) in [6.07, 6.45) is -1.17. The normalized spacial score (nSPS) is 26.8. The molecule has 0 saturated carbocycles. The number of hydrogen-bond acceptors (Lipinski definition) is 7. The van der Waals surface area contributed by atoms with Crippen molar-refractivity contribution in [2.45, 2.75) is 31.3 Å². The first kappa shape index (κ1) is 18.4. The molecule has 0 amide bonds. The van der Waals surface area contributed by atoms with Crippen LogP contribution >= 0.6 is 7.60 Å². The van der Waals surface area contributed by atoms with Crippen molar-refractivity contribution in [2.75, 3.05) is 20.1 Å². The maximum atomic E-state index is 13.2. The van der Waals surface area contributed by atoms with Crippen LogP contribution in [0.5, 0.6) is 5.75 Å². The van der Waals surface area contributed by atoms with Crippen molar-refractivity contribution >= 4 is 15.4 Å². The number of aliphatic hydroxyl groups is 1. The van der Waals surface area contributed by atoms with Gasteiger partial charge in [0.05, 0.1) is 32.1 Å². The summed E-state index contributed by atoms with van der Waals surface area (Å²) in [5.74, 6) is 0.570. The molecule has 3 unspecified atom stereocenters. The molecule has 2 radical (unpaired) electrons. The van der Waals surface area contributed by atoms with Crippen LogP contribution < -0.4 is 4.74 Å². The molecular weight excluding hydrogens is 327 g/mol. The van der Waals surface area contributed by atoms with E-state index in [0.717, 1.165) is 0 Å². The van der Waals surface area contributed by atoms with Gasteiger partial charge in [-0.2, -0.15) is 0 Å². The molecule has 7 nitrogen and oxygen atoms in total. The van der Waals surface area contributed by atoms with Crippen molar-refractivity contribution < 1.29 is 32.6 Å². The zero-order chi connectivity index (χ0) is 16.9. The van der Waals surface area contributed by atoms with Gasteiger partial charge in [0.1, 0.15) is 26.1 Å². The first-order chi connectivity index (χ1) is 11.0. The molecular formula is C13H18BFNO6P. The highest BCUT2D eigenvalue weighted by Gasteiger charge is 2.34. The Morgan fingerprint density at radius 1 is 1.57 bits per heavy atom. The lowest BCUT2D eigenvalue weighted by Gasteiger charge is -2.18. The van der Waals surface area contributed by atoms with Gasteiger partial charge in [-0.1, -0.05) is 0 Å². The van der Waals surface area contributed by atoms with E-state index in [2.05, 4.69) is 4.98 Å². The molecule has 1 N–H and O–H groups in total. The van der Waals surface area contributed by atoms with Crippen LogP contribution in [-0.4, -0.2) is 56.3 Å². The zero-order valence-corrected chi connectivity index (χ0v) is 13.5. The van der Waals surface area contributed by atoms with Crippen LogP contribution in [0.3, 0.4) is 0 Å². The quantitative estimate of drug-likeness (QED) is 0.563. The van der Waals surface area contributed by atoms with Crippen molar-refractivity contribution in [1.82, 2.24) is 4.98 Å². The van der Waals surface area contributed by atoms with Crippen molar-refractivity contribution in [2.24, 2.45) is 0 Å². The summed E-state index contributed by atoms with van der Waals surface area (Å²) in [7, 11) is 3.14. The van der Waals surface area contributed by atoms with Gasteiger partial charge in [0.25, 0.3) is 0 Å². The molecule has 23 heavy (non-hydrogen) atoms. The molecule has 1 aromatic heterocycles. The second kappa shape index (κ2) is 8.21. The Hall–Kier alpha value is -0.985. The smallest absolute Gasteiger partial charge is 0.356 e. The van der Waals surface area contributed by atoms with Crippen LogP contribution in [-0.2, 0) is 25.0 Å². The zero-order valence-electron chi connectivity index (χ0n) is 12.6. The molecule has 1 fully saturated rings. The topological polar surface area (TPSA) is 87.1 Å². The molecule has 4 atom stereocenters. The Kier molecular flexibility index (Phi) is 6.55. The second-order valence-electron chi connectivity index (χ2n) is 4.98. The molecule has 0 aliphatic carbocycles. The molecule has 126 valence electrons. The minimum Gasteiger partial charge on any atom is -0.497 e. The van der Waals surface area contributed by atoms with Crippen LogP contribution in [0.15, 0.2) is 18.3 Å². The molecule has 2 rings (SSSR count). The second-order valence-corrected chi connectivity index (χ2v) is 7.00. The van der Waals surface area contributed by atoms with Crippen LogP contribution in [0.1, 0.15) is 12.1 Å². The molecule has 1 saturated heterocycles. The van der Waals surface area contributed by atoms with Gasteiger partial charge in [-0.25, -0.2) is 4.39 Å². The van der Waals surface area contributed by atoms with Crippen LogP contribution in [0.2, 0.25) is 0 Å². The Morgan fingerprint density at radius 2 is 2.35 bits per heavy atom. The van der Waals surface area contributed by atoms with Crippen LogP contribution in [0.25, 0.3) is 0 Å². The van der Waals surface area contributed by atoms with Gasteiger partial charge >= 0.3 is 7.60 Å². The number of aromatic nitrogens is 1. The number of aliphatic hydroxyl groups excluding tert-OH is 1. The summed E-state index contributed by atoms with van der Waals surface area (Å²) in [6, 6.07) is 2.24. The Morgan fingerprint density at radius 3 is 2.96 bits per heavy atom. The number of halogens is 1. The fourth-order valence-electron chi connectivity index (χ4n) is 2.00. The highest BCUT2D eigenvalue weighted by molar-refractivity contribution is 7.53. The minimum absolute atomic E-state index is 0.0457. The lowest BCUT2D eigenvalue weighted by atomic mass is 9.96. The van der Waals surface area contributed by atoms with Crippen molar-refractivity contribution in [3.63, 3.8) is 0 Å². The SMILES string of the molecule is [B]C1OC(COP(=O)(CO)OCc2cc(OC)ccn2)C[C@@H]1F. The van der Waals surface area contributed by atoms with Gasteiger partial charge in [0, 0.05) is 24.7 Å². The lowest BCUT2D eigenvalue weighted by Crippen LogP contribution is -2.18. The Labute approximate surface area is 135 Å². The summed E-state index contributed by atoms with van der Waals surface area (Å²) >= 11 is 0. The first-order valence-electron chi connectivity index (χ1n) is 6.99. The summed E-state index contributed by atoms with van der Waals surface area (Å²) in [5.41, 5.74) is 0.463. The first-order valence-corrected chi connectivity index (χ1v) is 8.71. The van der Waals surface area contributed by atoms with E-state index in [0.29, 0.717) is 11.4 Å². The van der Waals surface area contributed by atoms with E-state index in [-0.39, 0.29) is 19.6 Å². The predicted octanol–water partition coefficient (Wildman–Crippen LogP) is 1.39. The standard InChI is InChI=1S/C13H18BFNO6P/c1-19-10-2-3-16-9(4-10)6-20-23(18,8-17)21-7-11-5-12(15)13(14)22-11/h2-4,11-13,17H,5-8H2,1H3/t11?,12-,13?,23?/m0/s1. The van der Waals surface area contributed by atoms with E-state index in [4.69, 9.17) is 26.4 Å². The van der Waals surface area contributed by atoms with Crippen molar-refractivity contribution in [1.29, 1.82) is 0 Å². The fraction of sp³-hybridized carbons (Fsp3) is 0.615. The molecule has 0 spiro atoms. The number of hydrogen-bond donors (Lipinski definition) is 1. The summed E-state index contributed by atoms with van der Waals surface area (Å²) in [4.78, 5) is 4.03. The summed E-state index contributed by atoms with van der Waals surface area (Å²) in [5, 5.41) is 9.24. The predicted molar refractivity (Wildman–Crippen MR) is 80.2 cm³/mol. The number of nitrogens with zero attached hydrogens (tertiary/aromatic N) is 1. The Bertz CT molecular complexity index is 555. The molecule has 1 aromatic rings. The Balaban J connectivity index is 1.86. The fourth-order valence-corrected chi connectivity index (χ4v) is 2.96. The highest BCUT2D eigenvalue weighted by Crippen LogP contribution is 2.48. The van der Waals surface area contributed by atoms with Crippen molar-refractivity contribution in [3.8, 4) is 5.75 Å². The number of alkyl halides is 1. The van der Waals surface area contributed by atoms with Gasteiger partial charge in [-0.15, -0.1) is 0 Å². The van der Waals surface area contributed by atoms with Gasteiger partial charge in [0.15, 0.2) is 0 Å². The average molecular weight is 345 g/mol. The third kappa shape index (κ3) is 5.26. The van der Waals surface area contributed by atoms with Gasteiger partial charge in [-0.3, -0.25) is 9.55 Å². The molecule has 10 heteroatoms. The number of ether oxygens (including phenoxy) is 2. The molecule has 0 bridgehead atoms. The average Bonchev–Trinajstić information content (AvgIpc) is 2.89. The highest BCUT2D eigenvalue weighted by atomic mass is 31.2. The lowest BCUT2D eigenvalue weighted by molar-refractivity contribution is 0.0367.